The molecule has 0 bridgehead atoms. The monoisotopic (exact) mass is 230 g/mol. The normalized spacial score (nSPS) is 11.2. The number of nitrogens with one attached hydrogen (secondary N) is 1. The summed E-state index contributed by atoms with van der Waals surface area (Å²) in [6.07, 6.45) is 5.28. The third kappa shape index (κ3) is 11.3. The van der Waals surface area contributed by atoms with E-state index >= 15 is 0 Å². The molecule has 0 atom stereocenters. The number of rotatable bonds is 7. The first-order valence-electron chi connectivity index (χ1n) is 6.12. The lowest BCUT2D eigenvalue weighted by molar-refractivity contribution is 0.0527. The molecule has 0 aromatic carbocycles. The van der Waals surface area contributed by atoms with E-state index in [0.29, 0.717) is 6.54 Å². The van der Waals surface area contributed by atoms with Gasteiger partial charge in [0.1, 0.15) is 5.60 Å². The van der Waals surface area contributed by atoms with Gasteiger partial charge in [-0.3, -0.25) is 0 Å². The van der Waals surface area contributed by atoms with Crippen LogP contribution in [-0.4, -0.2) is 24.8 Å². The maximum atomic E-state index is 11.2. The molecule has 0 saturated carbocycles. The summed E-state index contributed by atoms with van der Waals surface area (Å²) in [5.74, 6) is 0. The van der Waals surface area contributed by atoms with Crippen LogP contribution in [0.2, 0.25) is 0 Å². The summed E-state index contributed by atoms with van der Waals surface area (Å²) in [5, 5.41) is 2.74. The topological polar surface area (TPSA) is 64.3 Å². The largest absolute Gasteiger partial charge is 0.444 e. The van der Waals surface area contributed by atoms with Gasteiger partial charge in [-0.25, -0.2) is 4.79 Å². The van der Waals surface area contributed by atoms with Crippen LogP contribution in [0, 0.1) is 0 Å². The van der Waals surface area contributed by atoms with Crippen LogP contribution in [0.4, 0.5) is 4.79 Å². The number of unbranched alkanes of at least 4 members (excludes halogenated alkanes) is 4. The number of alkyl carbamates (subject to hydrolysis) is 1. The van der Waals surface area contributed by atoms with Crippen molar-refractivity contribution < 1.29 is 9.53 Å². The van der Waals surface area contributed by atoms with Crippen LogP contribution < -0.4 is 11.1 Å². The Morgan fingerprint density at radius 3 is 2.25 bits per heavy atom. The SMILES string of the molecule is CC(C)(C)OC(=O)NCCCCCCCN. The first-order valence-corrected chi connectivity index (χ1v) is 6.12. The van der Waals surface area contributed by atoms with Crippen molar-refractivity contribution in [3.05, 3.63) is 0 Å². The third-order valence-corrected chi connectivity index (χ3v) is 2.05. The standard InChI is InChI=1S/C12H26N2O2/c1-12(2,3)16-11(15)14-10-8-6-4-5-7-9-13/h4-10,13H2,1-3H3,(H,14,15). The molecule has 0 saturated heterocycles. The van der Waals surface area contributed by atoms with Gasteiger partial charge in [-0.2, -0.15) is 0 Å². The molecule has 0 heterocycles. The number of hydrogen-bond donors (Lipinski definition) is 2. The van der Waals surface area contributed by atoms with Gasteiger partial charge in [-0.1, -0.05) is 19.3 Å². The van der Waals surface area contributed by atoms with Crippen molar-refractivity contribution in [2.24, 2.45) is 5.73 Å². The van der Waals surface area contributed by atoms with Gasteiger partial charge in [0, 0.05) is 6.54 Å². The maximum Gasteiger partial charge on any atom is 0.407 e. The second kappa shape index (κ2) is 8.39. The first kappa shape index (κ1) is 15.2. The third-order valence-electron chi connectivity index (χ3n) is 2.05. The lowest BCUT2D eigenvalue weighted by Gasteiger charge is -2.19. The molecular formula is C12H26N2O2. The molecule has 0 aliphatic rings. The van der Waals surface area contributed by atoms with Crippen molar-refractivity contribution in [1.29, 1.82) is 0 Å². The predicted molar refractivity (Wildman–Crippen MR) is 66.4 cm³/mol. The summed E-state index contributed by atoms with van der Waals surface area (Å²) in [6.45, 7) is 7.05. The molecule has 4 heteroatoms. The second-order valence-corrected chi connectivity index (χ2v) is 4.99. The molecule has 3 N–H and O–H groups in total. The summed E-state index contributed by atoms with van der Waals surface area (Å²) in [7, 11) is 0. The van der Waals surface area contributed by atoms with Crippen molar-refractivity contribution in [3.8, 4) is 0 Å². The van der Waals surface area contributed by atoms with Gasteiger partial charge in [0.15, 0.2) is 0 Å². The fourth-order valence-electron chi connectivity index (χ4n) is 1.30. The molecule has 0 spiro atoms. The summed E-state index contributed by atoms with van der Waals surface area (Å²) in [4.78, 5) is 11.2. The molecular weight excluding hydrogens is 204 g/mol. The molecule has 0 aliphatic heterocycles. The predicted octanol–water partition coefficient (Wildman–Crippen LogP) is 2.42. The van der Waals surface area contributed by atoms with E-state index in [1.807, 2.05) is 20.8 Å². The van der Waals surface area contributed by atoms with E-state index in [1.54, 1.807) is 0 Å². The van der Waals surface area contributed by atoms with Crippen LogP contribution in [0.1, 0.15) is 52.9 Å². The summed E-state index contributed by atoms with van der Waals surface area (Å²) in [5.41, 5.74) is 4.98. The molecule has 0 aliphatic carbocycles. The van der Waals surface area contributed by atoms with Gasteiger partial charge >= 0.3 is 6.09 Å². The van der Waals surface area contributed by atoms with Gasteiger partial charge in [0.05, 0.1) is 0 Å². The number of hydrogen-bond acceptors (Lipinski definition) is 3. The van der Waals surface area contributed by atoms with E-state index in [2.05, 4.69) is 5.32 Å². The van der Waals surface area contributed by atoms with E-state index < -0.39 is 5.60 Å². The molecule has 0 radical (unpaired) electrons. The van der Waals surface area contributed by atoms with Crippen LogP contribution in [0.3, 0.4) is 0 Å². The first-order chi connectivity index (χ1) is 7.45. The Balaban J connectivity index is 3.28. The highest BCUT2D eigenvalue weighted by Crippen LogP contribution is 2.06. The fourth-order valence-corrected chi connectivity index (χ4v) is 1.30. The Bertz CT molecular complexity index is 188. The number of nitrogens with two attached hydrogens (primary N) is 1. The number of amides is 1. The minimum atomic E-state index is -0.411. The van der Waals surface area contributed by atoms with Crippen molar-refractivity contribution in [2.75, 3.05) is 13.1 Å². The Morgan fingerprint density at radius 1 is 1.12 bits per heavy atom. The molecule has 16 heavy (non-hydrogen) atoms. The smallest absolute Gasteiger partial charge is 0.407 e. The van der Waals surface area contributed by atoms with E-state index in [4.69, 9.17) is 10.5 Å². The summed E-state index contributed by atoms with van der Waals surface area (Å²) in [6, 6.07) is 0. The Morgan fingerprint density at radius 2 is 1.69 bits per heavy atom. The van der Waals surface area contributed by atoms with Crippen LogP contribution in [0.15, 0.2) is 0 Å². The molecule has 0 rings (SSSR count). The number of ether oxygens (including phenoxy) is 1. The van der Waals surface area contributed by atoms with Crippen molar-refractivity contribution in [3.63, 3.8) is 0 Å². The molecule has 0 fully saturated rings. The highest BCUT2D eigenvalue weighted by molar-refractivity contribution is 5.67. The quantitative estimate of drug-likeness (QED) is 0.660. The molecule has 0 unspecified atom stereocenters. The van der Waals surface area contributed by atoms with E-state index in [1.165, 1.54) is 12.8 Å². The molecule has 4 nitrogen and oxygen atoms in total. The Kier molecular flexibility index (Phi) is 7.99. The van der Waals surface area contributed by atoms with Crippen LogP contribution >= 0.6 is 0 Å². The average Bonchev–Trinajstić information content (AvgIpc) is 2.13. The van der Waals surface area contributed by atoms with E-state index in [-0.39, 0.29) is 6.09 Å². The number of carbonyl (C=O) groups is 1. The zero-order valence-corrected chi connectivity index (χ0v) is 10.8. The van der Waals surface area contributed by atoms with Crippen LogP contribution in [0.5, 0.6) is 0 Å². The molecule has 0 aromatic rings. The zero-order chi connectivity index (χ0) is 12.4. The van der Waals surface area contributed by atoms with Crippen molar-refractivity contribution in [2.45, 2.75) is 58.5 Å². The lowest BCUT2D eigenvalue weighted by atomic mass is 10.1. The summed E-state index contributed by atoms with van der Waals surface area (Å²) < 4.78 is 5.12. The van der Waals surface area contributed by atoms with Crippen LogP contribution in [-0.2, 0) is 4.74 Å². The fraction of sp³-hybridized carbons (Fsp3) is 0.917. The van der Waals surface area contributed by atoms with Crippen LogP contribution in [0.25, 0.3) is 0 Å². The minimum Gasteiger partial charge on any atom is -0.444 e. The maximum absolute atomic E-state index is 11.2. The van der Waals surface area contributed by atoms with E-state index in [9.17, 15) is 4.79 Å². The average molecular weight is 230 g/mol. The lowest BCUT2D eigenvalue weighted by Crippen LogP contribution is -2.32. The Labute approximate surface area is 98.9 Å². The van der Waals surface area contributed by atoms with Gasteiger partial charge in [0.25, 0.3) is 0 Å². The summed E-state index contributed by atoms with van der Waals surface area (Å²) >= 11 is 0. The van der Waals surface area contributed by atoms with Gasteiger partial charge in [0.2, 0.25) is 0 Å². The molecule has 96 valence electrons. The zero-order valence-electron chi connectivity index (χ0n) is 10.8. The van der Waals surface area contributed by atoms with Crippen molar-refractivity contribution in [1.82, 2.24) is 5.32 Å². The van der Waals surface area contributed by atoms with Gasteiger partial charge < -0.3 is 15.8 Å². The molecule has 0 aromatic heterocycles. The minimum absolute atomic E-state index is 0.325. The van der Waals surface area contributed by atoms with Crippen molar-refractivity contribution >= 4 is 6.09 Å². The number of carbonyl (C=O) groups excluding carboxylic acids is 1. The Hall–Kier alpha value is -0.770. The molecule has 1 amide bonds. The van der Waals surface area contributed by atoms with Gasteiger partial charge in [-0.05, 0) is 40.2 Å². The van der Waals surface area contributed by atoms with Gasteiger partial charge in [-0.15, -0.1) is 0 Å². The highest BCUT2D eigenvalue weighted by atomic mass is 16.6. The second-order valence-electron chi connectivity index (χ2n) is 4.99. The van der Waals surface area contributed by atoms with E-state index in [0.717, 1.165) is 25.8 Å². The highest BCUT2D eigenvalue weighted by Gasteiger charge is 2.15.